The van der Waals surface area contributed by atoms with Crippen molar-refractivity contribution in [2.75, 3.05) is 19.8 Å². The Morgan fingerprint density at radius 3 is 2.07 bits per heavy atom. The van der Waals surface area contributed by atoms with Crippen LogP contribution in [0.3, 0.4) is 0 Å². The van der Waals surface area contributed by atoms with Crippen LogP contribution in [-0.2, 0) is 9.47 Å². The minimum Gasteiger partial charge on any atom is -0.394 e. The van der Waals surface area contributed by atoms with E-state index in [1.54, 1.807) is 0 Å². The highest BCUT2D eigenvalue weighted by atomic mass is 16.6. The van der Waals surface area contributed by atoms with Crippen molar-refractivity contribution in [2.24, 2.45) is 0 Å². The van der Waals surface area contributed by atoms with E-state index in [2.05, 4.69) is 19.1 Å². The van der Waals surface area contributed by atoms with Gasteiger partial charge in [0.2, 0.25) is 0 Å². The SMILES string of the molecule is CC/C=C/CCCCCCCCCCCCCO[C@H]1CO[C@@H]([C@H](O)CO)[C@H]1O. The van der Waals surface area contributed by atoms with Crippen LogP contribution >= 0.6 is 0 Å². The van der Waals surface area contributed by atoms with Gasteiger partial charge in [0.1, 0.15) is 24.4 Å². The molecule has 1 heterocycles. The van der Waals surface area contributed by atoms with Gasteiger partial charge in [0.15, 0.2) is 0 Å². The molecule has 1 saturated heterocycles. The summed E-state index contributed by atoms with van der Waals surface area (Å²) in [5.41, 5.74) is 0. The Kier molecular flexibility index (Phi) is 15.9. The zero-order valence-electron chi connectivity index (χ0n) is 17.9. The molecule has 3 N–H and O–H groups in total. The predicted molar refractivity (Wildman–Crippen MR) is 113 cm³/mol. The van der Waals surface area contributed by atoms with Gasteiger partial charge in [0.25, 0.3) is 0 Å². The van der Waals surface area contributed by atoms with Crippen LogP contribution < -0.4 is 0 Å². The predicted octanol–water partition coefficient (Wildman–Crippen LogP) is 4.13. The van der Waals surface area contributed by atoms with Crippen LogP contribution in [0, 0.1) is 0 Å². The van der Waals surface area contributed by atoms with Crippen molar-refractivity contribution in [2.45, 2.75) is 115 Å². The fraction of sp³-hybridized carbons (Fsp3) is 0.913. The molecule has 0 aliphatic carbocycles. The highest BCUT2D eigenvalue weighted by molar-refractivity contribution is 4.88. The Morgan fingerprint density at radius 2 is 1.50 bits per heavy atom. The van der Waals surface area contributed by atoms with E-state index in [9.17, 15) is 10.2 Å². The average Bonchev–Trinajstić information content (AvgIpc) is 3.07. The van der Waals surface area contributed by atoms with Crippen LogP contribution in [0.5, 0.6) is 0 Å². The van der Waals surface area contributed by atoms with Gasteiger partial charge in [-0.05, 0) is 25.7 Å². The molecule has 1 rings (SSSR count). The van der Waals surface area contributed by atoms with Crippen LogP contribution in [0.25, 0.3) is 0 Å². The lowest BCUT2D eigenvalue weighted by molar-refractivity contribution is -0.0730. The molecule has 0 aromatic carbocycles. The molecular weight excluding hydrogens is 356 g/mol. The van der Waals surface area contributed by atoms with Crippen molar-refractivity contribution < 1.29 is 24.8 Å². The number of aliphatic hydroxyl groups excluding tert-OH is 3. The summed E-state index contributed by atoms with van der Waals surface area (Å²) in [6.45, 7) is 2.66. The molecule has 0 spiro atoms. The Morgan fingerprint density at radius 1 is 0.929 bits per heavy atom. The van der Waals surface area contributed by atoms with Gasteiger partial charge >= 0.3 is 0 Å². The Hall–Kier alpha value is -0.460. The van der Waals surface area contributed by atoms with Crippen LogP contribution in [-0.4, -0.2) is 59.6 Å². The van der Waals surface area contributed by atoms with Crippen molar-refractivity contribution in [1.29, 1.82) is 0 Å². The molecule has 5 nitrogen and oxygen atoms in total. The first-order chi connectivity index (χ1) is 13.7. The van der Waals surface area contributed by atoms with Crippen LogP contribution in [0.4, 0.5) is 0 Å². The highest BCUT2D eigenvalue weighted by Crippen LogP contribution is 2.20. The summed E-state index contributed by atoms with van der Waals surface area (Å²) in [4.78, 5) is 0. The lowest BCUT2D eigenvalue weighted by Gasteiger charge is -2.20. The van der Waals surface area contributed by atoms with E-state index < -0.39 is 31.0 Å². The van der Waals surface area contributed by atoms with Gasteiger partial charge in [0.05, 0.1) is 13.2 Å². The lowest BCUT2D eigenvalue weighted by atomic mass is 10.0. The molecule has 0 bridgehead atoms. The first kappa shape index (κ1) is 25.6. The maximum absolute atomic E-state index is 10.1. The zero-order chi connectivity index (χ0) is 20.5. The fourth-order valence-electron chi connectivity index (χ4n) is 3.68. The summed E-state index contributed by atoms with van der Waals surface area (Å²) in [7, 11) is 0. The normalized spacial score (nSPS) is 23.6. The third kappa shape index (κ3) is 11.5. The van der Waals surface area contributed by atoms with Gasteiger partial charge in [-0.15, -0.1) is 0 Å². The topological polar surface area (TPSA) is 79.2 Å². The summed E-state index contributed by atoms with van der Waals surface area (Å²) < 4.78 is 11.0. The minimum atomic E-state index is -1.05. The molecule has 0 unspecified atom stereocenters. The summed E-state index contributed by atoms with van der Waals surface area (Å²) in [5, 5.41) is 28.6. The van der Waals surface area contributed by atoms with E-state index in [4.69, 9.17) is 14.6 Å². The number of hydrogen-bond donors (Lipinski definition) is 3. The van der Waals surface area contributed by atoms with Crippen molar-refractivity contribution in [3.8, 4) is 0 Å². The maximum atomic E-state index is 10.1. The standard InChI is InChI=1S/C23H44O5/c1-2-3-4-5-6-7-8-9-10-11-12-13-14-15-16-17-27-21-19-28-23(22(21)26)20(25)18-24/h3-4,20-26H,2,5-19H2,1H3/b4-3+/t20-,21+,22+,23+/m1/s1. The van der Waals surface area contributed by atoms with E-state index in [1.807, 2.05) is 0 Å². The Labute approximate surface area is 172 Å². The van der Waals surface area contributed by atoms with Crippen LogP contribution in [0.15, 0.2) is 12.2 Å². The number of aliphatic hydroxyl groups is 3. The van der Waals surface area contributed by atoms with Crippen molar-refractivity contribution in [3.63, 3.8) is 0 Å². The zero-order valence-corrected chi connectivity index (χ0v) is 17.9. The Bertz CT molecular complexity index is 374. The van der Waals surface area contributed by atoms with Gasteiger partial charge in [-0.1, -0.05) is 76.9 Å². The van der Waals surface area contributed by atoms with Crippen LogP contribution in [0.1, 0.15) is 90.4 Å². The number of hydrogen-bond acceptors (Lipinski definition) is 5. The van der Waals surface area contributed by atoms with E-state index in [-0.39, 0.29) is 6.61 Å². The second-order valence-corrected chi connectivity index (χ2v) is 8.01. The maximum Gasteiger partial charge on any atom is 0.114 e. The molecule has 0 saturated carbocycles. The molecule has 0 amide bonds. The fourth-order valence-corrected chi connectivity index (χ4v) is 3.68. The number of unbranched alkanes of at least 4 members (excludes halogenated alkanes) is 11. The first-order valence-electron chi connectivity index (χ1n) is 11.6. The molecule has 0 aromatic rings. The molecule has 0 aromatic heterocycles. The summed E-state index contributed by atoms with van der Waals surface area (Å²) in [6.07, 6.45) is 18.1. The Balaban J connectivity index is 1.82. The van der Waals surface area contributed by atoms with Gasteiger partial charge in [-0.2, -0.15) is 0 Å². The quantitative estimate of drug-likeness (QED) is 0.238. The molecule has 1 aliphatic heterocycles. The van der Waals surface area contributed by atoms with E-state index in [0.717, 1.165) is 19.3 Å². The van der Waals surface area contributed by atoms with E-state index in [0.29, 0.717) is 6.61 Å². The second kappa shape index (κ2) is 17.4. The summed E-state index contributed by atoms with van der Waals surface area (Å²) in [5.74, 6) is 0. The highest BCUT2D eigenvalue weighted by Gasteiger charge is 2.40. The molecule has 5 heteroatoms. The number of ether oxygens (including phenoxy) is 2. The van der Waals surface area contributed by atoms with Gasteiger partial charge in [-0.3, -0.25) is 0 Å². The summed E-state index contributed by atoms with van der Waals surface area (Å²) >= 11 is 0. The molecular formula is C23H44O5. The lowest BCUT2D eigenvalue weighted by Crippen LogP contribution is -2.41. The van der Waals surface area contributed by atoms with Crippen molar-refractivity contribution in [3.05, 3.63) is 12.2 Å². The molecule has 28 heavy (non-hydrogen) atoms. The van der Waals surface area contributed by atoms with Gasteiger partial charge < -0.3 is 24.8 Å². The van der Waals surface area contributed by atoms with Crippen molar-refractivity contribution in [1.82, 2.24) is 0 Å². The van der Waals surface area contributed by atoms with Gasteiger partial charge in [0, 0.05) is 6.61 Å². The average molecular weight is 401 g/mol. The third-order valence-corrected chi connectivity index (χ3v) is 5.49. The summed E-state index contributed by atoms with van der Waals surface area (Å²) in [6, 6.07) is 0. The minimum absolute atomic E-state index is 0.276. The van der Waals surface area contributed by atoms with E-state index in [1.165, 1.54) is 64.2 Å². The molecule has 0 radical (unpaired) electrons. The largest absolute Gasteiger partial charge is 0.394 e. The molecule has 1 fully saturated rings. The number of rotatable bonds is 18. The van der Waals surface area contributed by atoms with Crippen LogP contribution in [0.2, 0.25) is 0 Å². The smallest absolute Gasteiger partial charge is 0.114 e. The van der Waals surface area contributed by atoms with E-state index >= 15 is 0 Å². The molecule has 1 aliphatic rings. The van der Waals surface area contributed by atoms with Crippen molar-refractivity contribution >= 4 is 0 Å². The monoisotopic (exact) mass is 400 g/mol. The first-order valence-corrected chi connectivity index (χ1v) is 11.6. The third-order valence-electron chi connectivity index (χ3n) is 5.49. The van der Waals surface area contributed by atoms with Gasteiger partial charge in [-0.25, -0.2) is 0 Å². The molecule has 166 valence electrons. The molecule has 4 atom stereocenters. The second-order valence-electron chi connectivity index (χ2n) is 8.01. The number of allylic oxidation sites excluding steroid dienone is 2.